The first-order chi connectivity index (χ1) is 9.84. The summed E-state index contributed by atoms with van der Waals surface area (Å²) in [7, 11) is 0. The Balaban J connectivity index is 2.21. The predicted octanol–water partition coefficient (Wildman–Crippen LogP) is 3.59. The molecule has 0 aromatic carbocycles. The first-order valence-electron chi connectivity index (χ1n) is 7.30. The molecule has 1 aromatic heterocycles. The molecule has 21 heavy (non-hydrogen) atoms. The van der Waals surface area contributed by atoms with Crippen molar-refractivity contribution in [1.29, 1.82) is 0 Å². The molecule has 5 heteroatoms. The quantitative estimate of drug-likeness (QED) is 0.629. The Morgan fingerprint density at radius 3 is 2.81 bits per heavy atom. The van der Waals surface area contributed by atoms with Crippen LogP contribution in [0.2, 0.25) is 0 Å². The van der Waals surface area contributed by atoms with Crippen LogP contribution in [0.3, 0.4) is 0 Å². The summed E-state index contributed by atoms with van der Waals surface area (Å²) >= 11 is 0. The average Bonchev–Trinajstić information content (AvgIpc) is 2.80. The van der Waals surface area contributed by atoms with Crippen molar-refractivity contribution in [2.45, 2.75) is 53.2 Å². The number of carbonyl (C=O) groups is 1. The predicted molar refractivity (Wildman–Crippen MR) is 78.0 cm³/mol. The van der Waals surface area contributed by atoms with E-state index < -0.39 is 5.97 Å². The molecule has 0 unspecified atom stereocenters. The summed E-state index contributed by atoms with van der Waals surface area (Å²) in [5, 5.41) is 3.83. The standard InChI is InChI=1S/C16H23NO4/c1-6-19-15(18)13-10(2)14(21-17-13)11-8-7-9-12(20-11)16(3,4)5/h7-8,11-12H,6,9H2,1-5H3/t11-,12+/m0/s1. The number of hydrogen-bond acceptors (Lipinski definition) is 5. The molecule has 2 atom stereocenters. The molecule has 0 aliphatic carbocycles. The van der Waals surface area contributed by atoms with Crippen LogP contribution in [0.1, 0.15) is 62.0 Å². The summed E-state index contributed by atoms with van der Waals surface area (Å²) in [6.45, 7) is 10.3. The van der Waals surface area contributed by atoms with Crippen LogP contribution in [0.25, 0.3) is 0 Å². The SMILES string of the molecule is CCOC(=O)c1noc([C@@H]2C=CC[C@H](C(C)(C)C)O2)c1C. The van der Waals surface area contributed by atoms with Gasteiger partial charge in [-0.1, -0.05) is 38.1 Å². The van der Waals surface area contributed by atoms with E-state index in [-0.39, 0.29) is 23.3 Å². The molecule has 0 fully saturated rings. The highest BCUT2D eigenvalue weighted by Gasteiger charge is 2.33. The fourth-order valence-electron chi connectivity index (χ4n) is 2.31. The molecular formula is C16H23NO4. The lowest BCUT2D eigenvalue weighted by Crippen LogP contribution is -2.32. The second-order valence-electron chi connectivity index (χ2n) is 6.32. The van der Waals surface area contributed by atoms with E-state index in [0.717, 1.165) is 6.42 Å². The third kappa shape index (κ3) is 3.35. The van der Waals surface area contributed by atoms with Gasteiger partial charge < -0.3 is 14.0 Å². The zero-order valence-corrected chi connectivity index (χ0v) is 13.3. The van der Waals surface area contributed by atoms with Crippen molar-refractivity contribution in [2.24, 2.45) is 5.41 Å². The highest BCUT2D eigenvalue weighted by Crippen LogP contribution is 2.36. The van der Waals surface area contributed by atoms with Crippen LogP contribution in [-0.2, 0) is 9.47 Å². The number of nitrogens with zero attached hydrogens (tertiary/aromatic N) is 1. The molecular weight excluding hydrogens is 270 g/mol. The minimum absolute atomic E-state index is 0.0426. The van der Waals surface area contributed by atoms with Crippen molar-refractivity contribution in [1.82, 2.24) is 5.16 Å². The minimum atomic E-state index is -0.461. The third-order valence-electron chi connectivity index (χ3n) is 3.63. The number of rotatable bonds is 3. The molecule has 0 bridgehead atoms. The fourth-order valence-corrected chi connectivity index (χ4v) is 2.31. The highest BCUT2D eigenvalue weighted by atomic mass is 16.5. The van der Waals surface area contributed by atoms with Crippen molar-refractivity contribution in [2.75, 3.05) is 6.61 Å². The first kappa shape index (κ1) is 15.8. The lowest BCUT2D eigenvalue weighted by Gasteiger charge is -2.34. The van der Waals surface area contributed by atoms with E-state index in [1.54, 1.807) is 13.8 Å². The van der Waals surface area contributed by atoms with Gasteiger partial charge in [-0.3, -0.25) is 0 Å². The molecule has 0 N–H and O–H groups in total. The van der Waals surface area contributed by atoms with Gasteiger partial charge in [0.2, 0.25) is 0 Å². The van der Waals surface area contributed by atoms with E-state index in [1.807, 2.05) is 6.08 Å². The summed E-state index contributed by atoms with van der Waals surface area (Å²) in [4.78, 5) is 11.8. The van der Waals surface area contributed by atoms with Crippen LogP contribution in [-0.4, -0.2) is 23.8 Å². The summed E-state index contributed by atoms with van der Waals surface area (Å²) < 4.78 is 16.4. The van der Waals surface area contributed by atoms with Gasteiger partial charge in [-0.05, 0) is 25.7 Å². The van der Waals surface area contributed by atoms with Gasteiger partial charge in [0.1, 0.15) is 6.10 Å². The lowest BCUT2D eigenvalue weighted by molar-refractivity contribution is -0.0630. The topological polar surface area (TPSA) is 61.6 Å². The van der Waals surface area contributed by atoms with Gasteiger partial charge in [0.15, 0.2) is 11.5 Å². The lowest BCUT2D eigenvalue weighted by atomic mass is 9.85. The van der Waals surface area contributed by atoms with Gasteiger partial charge in [0.05, 0.1) is 12.7 Å². The van der Waals surface area contributed by atoms with Gasteiger partial charge in [0.25, 0.3) is 0 Å². The number of esters is 1. The Morgan fingerprint density at radius 1 is 1.48 bits per heavy atom. The van der Waals surface area contributed by atoms with Crippen LogP contribution in [0, 0.1) is 12.3 Å². The number of carbonyl (C=O) groups excluding carboxylic acids is 1. The van der Waals surface area contributed by atoms with Crippen molar-refractivity contribution < 1.29 is 18.8 Å². The van der Waals surface area contributed by atoms with E-state index in [2.05, 4.69) is 32.0 Å². The number of ether oxygens (including phenoxy) is 2. The van der Waals surface area contributed by atoms with Crippen LogP contribution in [0.5, 0.6) is 0 Å². The van der Waals surface area contributed by atoms with E-state index >= 15 is 0 Å². The zero-order chi connectivity index (χ0) is 15.6. The van der Waals surface area contributed by atoms with Crippen LogP contribution >= 0.6 is 0 Å². The molecule has 5 nitrogen and oxygen atoms in total. The molecule has 0 radical (unpaired) electrons. The molecule has 2 rings (SSSR count). The Morgan fingerprint density at radius 2 is 2.19 bits per heavy atom. The molecule has 116 valence electrons. The van der Waals surface area contributed by atoms with Gasteiger partial charge in [-0.15, -0.1) is 0 Å². The number of aromatic nitrogens is 1. The van der Waals surface area contributed by atoms with Gasteiger partial charge in [-0.25, -0.2) is 4.79 Å². The second kappa shape index (κ2) is 6.02. The van der Waals surface area contributed by atoms with Crippen molar-refractivity contribution >= 4 is 5.97 Å². The monoisotopic (exact) mass is 293 g/mol. The van der Waals surface area contributed by atoms with Crippen LogP contribution in [0.15, 0.2) is 16.7 Å². The zero-order valence-electron chi connectivity index (χ0n) is 13.3. The van der Waals surface area contributed by atoms with Crippen LogP contribution in [0.4, 0.5) is 0 Å². The third-order valence-corrected chi connectivity index (χ3v) is 3.63. The average molecular weight is 293 g/mol. The second-order valence-corrected chi connectivity index (χ2v) is 6.32. The van der Waals surface area contributed by atoms with Crippen LogP contribution < -0.4 is 0 Å². The molecule has 1 aliphatic rings. The Bertz CT molecular complexity index is 539. The van der Waals surface area contributed by atoms with Gasteiger partial charge in [-0.2, -0.15) is 0 Å². The van der Waals surface area contributed by atoms with Crippen molar-refractivity contribution in [3.05, 3.63) is 29.2 Å². The van der Waals surface area contributed by atoms with Gasteiger partial charge in [0, 0.05) is 5.56 Å². The number of hydrogen-bond donors (Lipinski definition) is 0. The molecule has 2 heterocycles. The maximum absolute atomic E-state index is 11.8. The molecule has 0 spiro atoms. The molecule has 0 saturated heterocycles. The molecule has 0 saturated carbocycles. The fraction of sp³-hybridized carbons (Fsp3) is 0.625. The van der Waals surface area contributed by atoms with Crippen molar-refractivity contribution in [3.63, 3.8) is 0 Å². The normalized spacial score (nSPS) is 22.3. The largest absolute Gasteiger partial charge is 0.461 e. The summed E-state index contributed by atoms with van der Waals surface area (Å²) in [5.74, 6) is 0.111. The minimum Gasteiger partial charge on any atom is -0.461 e. The Kier molecular flexibility index (Phi) is 4.52. The summed E-state index contributed by atoms with van der Waals surface area (Å²) in [6.07, 6.45) is 4.71. The van der Waals surface area contributed by atoms with E-state index in [1.165, 1.54) is 0 Å². The maximum atomic E-state index is 11.8. The molecule has 1 aliphatic heterocycles. The highest BCUT2D eigenvalue weighted by molar-refractivity contribution is 5.88. The molecule has 0 amide bonds. The van der Waals surface area contributed by atoms with Crippen molar-refractivity contribution in [3.8, 4) is 0 Å². The van der Waals surface area contributed by atoms with Gasteiger partial charge >= 0.3 is 5.97 Å². The van der Waals surface area contributed by atoms with E-state index in [4.69, 9.17) is 14.0 Å². The smallest absolute Gasteiger partial charge is 0.360 e. The van der Waals surface area contributed by atoms with E-state index in [9.17, 15) is 4.79 Å². The Hall–Kier alpha value is -1.62. The van der Waals surface area contributed by atoms with E-state index in [0.29, 0.717) is 17.9 Å². The summed E-state index contributed by atoms with van der Waals surface area (Å²) in [5.41, 5.74) is 0.945. The maximum Gasteiger partial charge on any atom is 0.360 e. The Labute approximate surface area is 125 Å². The molecule has 1 aromatic rings. The summed E-state index contributed by atoms with van der Waals surface area (Å²) in [6, 6.07) is 0. The first-order valence-corrected chi connectivity index (χ1v) is 7.30.